The molecule has 0 spiro atoms. The van der Waals surface area contributed by atoms with Gasteiger partial charge in [-0.1, -0.05) is 24.3 Å². The van der Waals surface area contributed by atoms with Crippen LogP contribution in [0.25, 0.3) is 0 Å². The fraction of sp³-hybridized carbons (Fsp3) is 0.533. The smallest absolute Gasteiger partial charge is 0.223 e. The summed E-state index contributed by atoms with van der Waals surface area (Å²) in [7, 11) is 1.92. The second-order valence-electron chi connectivity index (χ2n) is 4.92. The van der Waals surface area contributed by atoms with Crippen LogP contribution < -0.4 is 5.32 Å². The van der Waals surface area contributed by atoms with Gasteiger partial charge < -0.3 is 10.2 Å². The lowest BCUT2D eigenvalue weighted by atomic mass is 9.93. The number of nitrogens with zero attached hydrogens (tertiary/aromatic N) is 1. The lowest BCUT2D eigenvalue weighted by Gasteiger charge is -2.35. The molecule has 1 amide bonds. The number of hydrogen-bond donors (Lipinski definition) is 1. The molecule has 98 valence electrons. The van der Waals surface area contributed by atoms with Crippen molar-refractivity contribution >= 4 is 5.91 Å². The van der Waals surface area contributed by atoms with Crippen LogP contribution in [0.3, 0.4) is 0 Å². The average Bonchev–Trinajstić information content (AvgIpc) is 2.39. The number of nitrogens with one attached hydrogen (secondary N) is 1. The first-order valence-electron chi connectivity index (χ1n) is 6.76. The Morgan fingerprint density at radius 2 is 2.22 bits per heavy atom. The summed E-state index contributed by atoms with van der Waals surface area (Å²) in [5.74, 6) is 0.284. The van der Waals surface area contributed by atoms with E-state index in [0.29, 0.717) is 6.42 Å². The Morgan fingerprint density at radius 1 is 1.44 bits per heavy atom. The predicted octanol–water partition coefficient (Wildman–Crippen LogP) is 2.13. The van der Waals surface area contributed by atoms with Crippen LogP contribution in [0.2, 0.25) is 0 Å². The summed E-state index contributed by atoms with van der Waals surface area (Å²) >= 11 is 0. The van der Waals surface area contributed by atoms with Gasteiger partial charge in [0.15, 0.2) is 0 Å². The Labute approximate surface area is 109 Å². The molecule has 1 unspecified atom stereocenters. The van der Waals surface area contributed by atoms with E-state index in [2.05, 4.69) is 36.5 Å². The number of carbonyl (C=O) groups excluding carboxylic acids is 1. The van der Waals surface area contributed by atoms with Crippen molar-refractivity contribution < 1.29 is 4.79 Å². The number of benzene rings is 1. The highest BCUT2D eigenvalue weighted by molar-refractivity contribution is 5.77. The molecule has 0 radical (unpaired) electrons. The van der Waals surface area contributed by atoms with E-state index in [9.17, 15) is 4.79 Å². The fourth-order valence-corrected chi connectivity index (χ4v) is 2.67. The molecule has 0 saturated carbocycles. The largest absolute Gasteiger partial charge is 0.336 e. The van der Waals surface area contributed by atoms with Gasteiger partial charge in [0.1, 0.15) is 0 Å². The van der Waals surface area contributed by atoms with Gasteiger partial charge in [-0.3, -0.25) is 4.79 Å². The quantitative estimate of drug-likeness (QED) is 0.825. The third-order valence-electron chi connectivity index (χ3n) is 3.73. The fourth-order valence-electron chi connectivity index (χ4n) is 2.67. The van der Waals surface area contributed by atoms with Crippen molar-refractivity contribution in [3.63, 3.8) is 0 Å². The van der Waals surface area contributed by atoms with E-state index in [1.807, 2.05) is 11.9 Å². The maximum absolute atomic E-state index is 12.2. The summed E-state index contributed by atoms with van der Waals surface area (Å²) in [4.78, 5) is 14.2. The van der Waals surface area contributed by atoms with Crippen molar-refractivity contribution in [1.82, 2.24) is 10.2 Å². The van der Waals surface area contributed by atoms with Gasteiger partial charge in [-0.25, -0.2) is 0 Å². The zero-order valence-electron chi connectivity index (χ0n) is 11.3. The molecule has 1 heterocycles. The van der Waals surface area contributed by atoms with Crippen LogP contribution >= 0.6 is 0 Å². The van der Waals surface area contributed by atoms with E-state index in [0.717, 1.165) is 25.9 Å². The molecule has 2 rings (SSSR count). The zero-order chi connectivity index (χ0) is 13.0. The number of carbonyl (C=O) groups is 1. The number of amides is 1. The van der Waals surface area contributed by atoms with Crippen LogP contribution in [0.4, 0.5) is 0 Å². The third-order valence-corrected chi connectivity index (χ3v) is 3.73. The molecule has 0 aliphatic carbocycles. The maximum Gasteiger partial charge on any atom is 0.223 e. The van der Waals surface area contributed by atoms with E-state index in [1.165, 1.54) is 11.1 Å². The van der Waals surface area contributed by atoms with Crippen molar-refractivity contribution in [1.29, 1.82) is 0 Å². The van der Waals surface area contributed by atoms with E-state index >= 15 is 0 Å². The number of fused-ring (bicyclic) bond motifs is 1. The Bertz CT molecular complexity index is 417. The van der Waals surface area contributed by atoms with Crippen LogP contribution in [0.5, 0.6) is 0 Å². The molecule has 3 nitrogen and oxygen atoms in total. The molecule has 1 aromatic carbocycles. The van der Waals surface area contributed by atoms with Gasteiger partial charge in [0.05, 0.1) is 6.04 Å². The topological polar surface area (TPSA) is 32.3 Å². The second kappa shape index (κ2) is 6.01. The Kier molecular flexibility index (Phi) is 4.37. The predicted molar refractivity (Wildman–Crippen MR) is 73.4 cm³/mol. The Balaban J connectivity index is 2.02. The van der Waals surface area contributed by atoms with Crippen molar-refractivity contribution in [2.45, 2.75) is 32.2 Å². The molecule has 1 aromatic rings. The standard InChI is InChI=1S/C15H22N2O/c1-12-14-7-4-3-6-13(14)9-11-17(12)15(18)8-5-10-16-2/h3-4,6-7,12,16H,5,8-11H2,1-2H3. The van der Waals surface area contributed by atoms with E-state index in [1.54, 1.807) is 0 Å². The van der Waals surface area contributed by atoms with Gasteiger partial charge in [-0.15, -0.1) is 0 Å². The van der Waals surface area contributed by atoms with Gasteiger partial charge in [0.25, 0.3) is 0 Å². The molecule has 18 heavy (non-hydrogen) atoms. The molecule has 0 aromatic heterocycles. The number of hydrogen-bond acceptors (Lipinski definition) is 2. The highest BCUT2D eigenvalue weighted by Crippen LogP contribution is 2.29. The van der Waals surface area contributed by atoms with Gasteiger partial charge in [0, 0.05) is 13.0 Å². The van der Waals surface area contributed by atoms with Crippen LogP contribution in [0, 0.1) is 0 Å². The molecule has 0 bridgehead atoms. The molecule has 1 N–H and O–H groups in total. The molecule has 3 heteroatoms. The summed E-state index contributed by atoms with van der Waals surface area (Å²) < 4.78 is 0. The Morgan fingerprint density at radius 3 is 3.00 bits per heavy atom. The molecule has 0 saturated heterocycles. The second-order valence-corrected chi connectivity index (χ2v) is 4.92. The molecular weight excluding hydrogens is 224 g/mol. The van der Waals surface area contributed by atoms with Crippen LogP contribution in [-0.4, -0.2) is 30.9 Å². The monoisotopic (exact) mass is 246 g/mol. The van der Waals surface area contributed by atoms with Crippen molar-refractivity contribution in [3.8, 4) is 0 Å². The molecular formula is C15H22N2O. The lowest BCUT2D eigenvalue weighted by Crippen LogP contribution is -2.38. The third kappa shape index (κ3) is 2.72. The van der Waals surface area contributed by atoms with Crippen LogP contribution in [0.1, 0.15) is 36.9 Å². The first-order valence-corrected chi connectivity index (χ1v) is 6.76. The highest BCUT2D eigenvalue weighted by atomic mass is 16.2. The average molecular weight is 246 g/mol. The minimum Gasteiger partial charge on any atom is -0.336 e. The normalized spacial score (nSPS) is 18.6. The summed E-state index contributed by atoms with van der Waals surface area (Å²) in [6, 6.07) is 8.68. The summed E-state index contributed by atoms with van der Waals surface area (Å²) in [6.45, 7) is 3.90. The lowest BCUT2D eigenvalue weighted by molar-refractivity contribution is -0.133. The van der Waals surface area contributed by atoms with Crippen molar-refractivity contribution in [2.24, 2.45) is 0 Å². The van der Waals surface area contributed by atoms with Gasteiger partial charge >= 0.3 is 0 Å². The van der Waals surface area contributed by atoms with E-state index < -0.39 is 0 Å². The summed E-state index contributed by atoms with van der Waals surface area (Å²) in [5.41, 5.74) is 2.70. The van der Waals surface area contributed by atoms with Gasteiger partial charge in [-0.2, -0.15) is 0 Å². The van der Waals surface area contributed by atoms with E-state index in [4.69, 9.17) is 0 Å². The minimum atomic E-state index is 0.219. The summed E-state index contributed by atoms with van der Waals surface area (Å²) in [5, 5.41) is 3.08. The molecule has 1 atom stereocenters. The molecule has 0 fully saturated rings. The first-order chi connectivity index (χ1) is 8.74. The summed E-state index contributed by atoms with van der Waals surface area (Å²) in [6.07, 6.45) is 2.55. The van der Waals surface area contributed by atoms with Crippen LogP contribution in [0.15, 0.2) is 24.3 Å². The Hall–Kier alpha value is -1.35. The zero-order valence-corrected chi connectivity index (χ0v) is 11.3. The first kappa shape index (κ1) is 13.1. The van der Waals surface area contributed by atoms with Crippen molar-refractivity contribution in [3.05, 3.63) is 35.4 Å². The van der Waals surface area contributed by atoms with Crippen molar-refractivity contribution in [2.75, 3.05) is 20.1 Å². The number of rotatable bonds is 4. The van der Waals surface area contributed by atoms with Gasteiger partial charge in [-0.05, 0) is 44.5 Å². The molecule has 1 aliphatic rings. The molecule has 1 aliphatic heterocycles. The van der Waals surface area contributed by atoms with E-state index in [-0.39, 0.29) is 11.9 Å². The maximum atomic E-state index is 12.2. The SMILES string of the molecule is CNCCCC(=O)N1CCc2ccccc2C1C. The van der Waals surface area contributed by atoms with Crippen LogP contribution in [-0.2, 0) is 11.2 Å². The minimum absolute atomic E-state index is 0.219. The highest BCUT2D eigenvalue weighted by Gasteiger charge is 2.26. The van der Waals surface area contributed by atoms with Gasteiger partial charge in [0.2, 0.25) is 5.91 Å².